The number of hydrogen-bond acceptors (Lipinski definition) is 3. The van der Waals surface area contributed by atoms with Gasteiger partial charge in [-0.05, 0) is 49.2 Å². The summed E-state index contributed by atoms with van der Waals surface area (Å²) in [6.45, 7) is 9.25. The number of hydrogen-bond donors (Lipinski definition) is 2. The van der Waals surface area contributed by atoms with Crippen LogP contribution in [0.1, 0.15) is 31.9 Å². The van der Waals surface area contributed by atoms with Gasteiger partial charge in [-0.15, -0.1) is 0 Å². The summed E-state index contributed by atoms with van der Waals surface area (Å²) in [4.78, 5) is 11.9. The van der Waals surface area contributed by atoms with Crippen LogP contribution in [0.3, 0.4) is 0 Å². The molecule has 2 N–H and O–H groups in total. The summed E-state index contributed by atoms with van der Waals surface area (Å²) in [5, 5.41) is 10.3. The SMILES string of the molecule is CCNC(C)(C)C(=O)NCc1cscc1C. The van der Waals surface area contributed by atoms with Gasteiger partial charge in [0.15, 0.2) is 0 Å². The molecule has 16 heavy (non-hydrogen) atoms. The van der Waals surface area contributed by atoms with Crippen LogP contribution in [-0.2, 0) is 11.3 Å². The van der Waals surface area contributed by atoms with Crippen molar-refractivity contribution < 1.29 is 4.79 Å². The Hall–Kier alpha value is -0.870. The predicted octanol–water partition coefficient (Wildman–Crippen LogP) is 2.06. The van der Waals surface area contributed by atoms with Gasteiger partial charge in [0.1, 0.15) is 0 Å². The zero-order chi connectivity index (χ0) is 12.2. The molecule has 0 aliphatic rings. The zero-order valence-electron chi connectivity index (χ0n) is 10.4. The second-order valence-corrected chi connectivity index (χ2v) is 5.16. The normalized spacial score (nSPS) is 11.5. The highest BCUT2D eigenvalue weighted by Gasteiger charge is 2.25. The van der Waals surface area contributed by atoms with E-state index < -0.39 is 5.54 Å². The van der Waals surface area contributed by atoms with Gasteiger partial charge in [-0.3, -0.25) is 4.79 Å². The van der Waals surface area contributed by atoms with Crippen molar-refractivity contribution in [1.82, 2.24) is 10.6 Å². The van der Waals surface area contributed by atoms with Crippen molar-refractivity contribution in [2.75, 3.05) is 6.54 Å². The second kappa shape index (κ2) is 5.46. The van der Waals surface area contributed by atoms with E-state index in [0.717, 1.165) is 6.54 Å². The van der Waals surface area contributed by atoms with Crippen molar-refractivity contribution in [3.63, 3.8) is 0 Å². The summed E-state index contributed by atoms with van der Waals surface area (Å²) < 4.78 is 0. The molecule has 90 valence electrons. The van der Waals surface area contributed by atoms with E-state index in [9.17, 15) is 4.79 Å². The molecular weight excluding hydrogens is 220 g/mol. The van der Waals surface area contributed by atoms with Gasteiger partial charge in [0.05, 0.1) is 5.54 Å². The lowest BCUT2D eigenvalue weighted by Crippen LogP contribution is -2.52. The molecule has 0 aliphatic heterocycles. The molecule has 0 spiro atoms. The average molecular weight is 240 g/mol. The summed E-state index contributed by atoms with van der Waals surface area (Å²) in [6, 6.07) is 0. The van der Waals surface area contributed by atoms with Crippen LogP contribution in [-0.4, -0.2) is 18.0 Å². The van der Waals surface area contributed by atoms with E-state index in [4.69, 9.17) is 0 Å². The molecule has 0 unspecified atom stereocenters. The summed E-state index contributed by atoms with van der Waals surface area (Å²) in [6.07, 6.45) is 0. The van der Waals surface area contributed by atoms with Gasteiger partial charge in [-0.2, -0.15) is 11.3 Å². The number of rotatable bonds is 5. The number of amides is 1. The van der Waals surface area contributed by atoms with E-state index in [1.165, 1.54) is 11.1 Å². The lowest BCUT2D eigenvalue weighted by molar-refractivity contribution is -0.126. The van der Waals surface area contributed by atoms with Crippen LogP contribution in [0.2, 0.25) is 0 Å². The van der Waals surface area contributed by atoms with E-state index >= 15 is 0 Å². The van der Waals surface area contributed by atoms with Crippen molar-refractivity contribution >= 4 is 17.2 Å². The summed E-state index contributed by atoms with van der Waals surface area (Å²) in [5.74, 6) is 0.0416. The maximum Gasteiger partial charge on any atom is 0.239 e. The van der Waals surface area contributed by atoms with E-state index in [1.54, 1.807) is 11.3 Å². The average Bonchev–Trinajstić information content (AvgIpc) is 2.60. The molecular formula is C12H20N2OS. The summed E-state index contributed by atoms with van der Waals surface area (Å²) >= 11 is 1.67. The lowest BCUT2D eigenvalue weighted by Gasteiger charge is -2.24. The van der Waals surface area contributed by atoms with Crippen molar-refractivity contribution in [2.24, 2.45) is 0 Å². The third kappa shape index (κ3) is 3.32. The number of aryl methyl sites for hydroxylation is 1. The van der Waals surface area contributed by atoms with Gasteiger partial charge in [-0.25, -0.2) is 0 Å². The highest BCUT2D eigenvalue weighted by molar-refractivity contribution is 7.08. The van der Waals surface area contributed by atoms with Crippen LogP contribution in [0.5, 0.6) is 0 Å². The molecule has 0 bridgehead atoms. The molecule has 1 aromatic rings. The standard InChI is InChI=1S/C12H20N2OS/c1-5-14-12(3,4)11(15)13-6-10-8-16-7-9(10)2/h7-8,14H,5-6H2,1-4H3,(H,13,15). The Morgan fingerprint density at radius 2 is 2.12 bits per heavy atom. The fourth-order valence-corrected chi connectivity index (χ4v) is 2.34. The number of nitrogens with one attached hydrogen (secondary N) is 2. The first-order valence-corrected chi connectivity index (χ1v) is 6.46. The first-order chi connectivity index (χ1) is 7.47. The monoisotopic (exact) mass is 240 g/mol. The van der Waals surface area contributed by atoms with Crippen molar-refractivity contribution in [3.8, 4) is 0 Å². The highest BCUT2D eigenvalue weighted by Crippen LogP contribution is 2.13. The van der Waals surface area contributed by atoms with Crippen molar-refractivity contribution in [3.05, 3.63) is 21.9 Å². The minimum absolute atomic E-state index is 0.0416. The van der Waals surface area contributed by atoms with Gasteiger partial charge >= 0.3 is 0 Å². The Morgan fingerprint density at radius 1 is 1.44 bits per heavy atom. The van der Waals surface area contributed by atoms with Gasteiger partial charge in [0.25, 0.3) is 0 Å². The van der Waals surface area contributed by atoms with Gasteiger partial charge in [-0.1, -0.05) is 6.92 Å². The van der Waals surface area contributed by atoms with Crippen LogP contribution in [0.15, 0.2) is 10.8 Å². The van der Waals surface area contributed by atoms with E-state index in [2.05, 4.69) is 28.3 Å². The van der Waals surface area contributed by atoms with Gasteiger partial charge in [0, 0.05) is 6.54 Å². The van der Waals surface area contributed by atoms with Crippen molar-refractivity contribution in [1.29, 1.82) is 0 Å². The Labute approximate surface area is 101 Å². The summed E-state index contributed by atoms with van der Waals surface area (Å²) in [7, 11) is 0. The molecule has 1 rings (SSSR count). The molecule has 0 saturated heterocycles. The van der Waals surface area contributed by atoms with Crippen LogP contribution >= 0.6 is 11.3 Å². The molecule has 0 saturated carbocycles. The molecule has 1 amide bonds. The molecule has 0 radical (unpaired) electrons. The van der Waals surface area contributed by atoms with Crippen LogP contribution in [0.25, 0.3) is 0 Å². The predicted molar refractivity (Wildman–Crippen MR) is 68.7 cm³/mol. The molecule has 0 aromatic carbocycles. The fraction of sp³-hybridized carbons (Fsp3) is 0.583. The number of likely N-dealkylation sites (N-methyl/N-ethyl adjacent to an activating group) is 1. The van der Waals surface area contributed by atoms with Gasteiger partial charge < -0.3 is 10.6 Å². The van der Waals surface area contributed by atoms with Crippen molar-refractivity contribution in [2.45, 2.75) is 39.8 Å². The lowest BCUT2D eigenvalue weighted by atomic mass is 10.0. The molecule has 1 aromatic heterocycles. The quantitative estimate of drug-likeness (QED) is 0.827. The molecule has 0 aliphatic carbocycles. The van der Waals surface area contributed by atoms with E-state index in [1.807, 2.05) is 20.8 Å². The minimum Gasteiger partial charge on any atom is -0.350 e. The molecule has 4 heteroatoms. The third-order valence-corrected chi connectivity index (χ3v) is 3.50. The Bertz CT molecular complexity index is 358. The highest BCUT2D eigenvalue weighted by atomic mass is 32.1. The number of carbonyl (C=O) groups excluding carboxylic acids is 1. The maximum absolute atomic E-state index is 11.9. The second-order valence-electron chi connectivity index (χ2n) is 4.42. The Balaban J connectivity index is 2.50. The number of carbonyl (C=O) groups is 1. The van der Waals surface area contributed by atoms with Crippen LogP contribution < -0.4 is 10.6 Å². The first kappa shape index (κ1) is 13.2. The zero-order valence-corrected chi connectivity index (χ0v) is 11.2. The van der Waals surface area contributed by atoms with E-state index in [-0.39, 0.29) is 5.91 Å². The smallest absolute Gasteiger partial charge is 0.239 e. The largest absolute Gasteiger partial charge is 0.350 e. The van der Waals surface area contributed by atoms with Gasteiger partial charge in [0.2, 0.25) is 5.91 Å². The van der Waals surface area contributed by atoms with Crippen LogP contribution in [0.4, 0.5) is 0 Å². The molecule has 0 fully saturated rings. The first-order valence-electron chi connectivity index (χ1n) is 5.52. The third-order valence-electron chi connectivity index (χ3n) is 2.59. The van der Waals surface area contributed by atoms with Crippen LogP contribution in [0, 0.1) is 6.92 Å². The fourth-order valence-electron chi connectivity index (χ4n) is 1.49. The maximum atomic E-state index is 11.9. The number of thiophene rings is 1. The van der Waals surface area contributed by atoms with E-state index in [0.29, 0.717) is 6.54 Å². The summed E-state index contributed by atoms with van der Waals surface area (Å²) in [5.41, 5.74) is 1.94. The minimum atomic E-state index is -0.501. The molecule has 0 atom stereocenters. The Kier molecular flexibility index (Phi) is 4.50. The Morgan fingerprint density at radius 3 is 2.62 bits per heavy atom. The molecule has 1 heterocycles. The topological polar surface area (TPSA) is 41.1 Å². The molecule has 3 nitrogen and oxygen atoms in total.